The Bertz CT molecular complexity index is 412. The largest absolute Gasteiger partial charge is 0.481 e. The van der Waals surface area contributed by atoms with E-state index in [0.717, 1.165) is 50.0 Å². The second-order valence-corrected chi connectivity index (χ2v) is 8.56. The number of aliphatic hydroxyl groups excluding tert-OH is 1. The molecule has 0 bridgehead atoms. The van der Waals surface area contributed by atoms with Gasteiger partial charge in [-0.3, -0.25) is 9.59 Å². The molecule has 0 aromatic carbocycles. The van der Waals surface area contributed by atoms with E-state index in [0.29, 0.717) is 12.2 Å². The molecule has 1 aliphatic carbocycles. The van der Waals surface area contributed by atoms with Gasteiger partial charge in [0.1, 0.15) is 5.78 Å². The molecule has 1 aliphatic rings. The van der Waals surface area contributed by atoms with Gasteiger partial charge in [0.15, 0.2) is 0 Å². The molecule has 0 spiro atoms. The first-order valence-electron chi connectivity index (χ1n) is 8.84. The molecule has 0 aromatic heterocycles. The number of aliphatic hydroxyl groups is 1. The van der Waals surface area contributed by atoms with Gasteiger partial charge in [0.05, 0.1) is 17.1 Å². The van der Waals surface area contributed by atoms with E-state index in [4.69, 9.17) is 5.11 Å². The van der Waals surface area contributed by atoms with Crippen LogP contribution in [0.15, 0.2) is 12.2 Å². The number of ketones is 1. The van der Waals surface area contributed by atoms with E-state index < -0.39 is 12.1 Å². The van der Waals surface area contributed by atoms with E-state index >= 15 is 0 Å². The average molecular weight is 375 g/mol. The number of aliphatic carboxylic acids is 1. The fourth-order valence-electron chi connectivity index (χ4n) is 2.76. The summed E-state index contributed by atoms with van der Waals surface area (Å²) < 4.78 is 0. The van der Waals surface area contributed by atoms with E-state index in [9.17, 15) is 14.7 Å². The van der Waals surface area contributed by atoms with Gasteiger partial charge in [0, 0.05) is 6.42 Å². The molecule has 24 heavy (non-hydrogen) atoms. The van der Waals surface area contributed by atoms with Crippen LogP contribution >= 0.6 is 23.5 Å². The van der Waals surface area contributed by atoms with Crippen molar-refractivity contribution in [3.8, 4) is 0 Å². The van der Waals surface area contributed by atoms with Crippen molar-refractivity contribution in [2.45, 2.75) is 63.2 Å². The Balaban J connectivity index is 2.28. The van der Waals surface area contributed by atoms with E-state index in [1.54, 1.807) is 11.8 Å². The lowest BCUT2D eigenvalue weighted by molar-refractivity contribution is -0.133. The van der Waals surface area contributed by atoms with Crippen LogP contribution in [0, 0.1) is 5.92 Å². The van der Waals surface area contributed by atoms with Crippen molar-refractivity contribution < 1.29 is 19.8 Å². The highest BCUT2D eigenvalue weighted by molar-refractivity contribution is 8.01. The number of carbonyl (C=O) groups is 2. The van der Waals surface area contributed by atoms with Crippen LogP contribution in [-0.2, 0) is 9.59 Å². The van der Waals surface area contributed by atoms with Crippen molar-refractivity contribution in [1.29, 1.82) is 0 Å². The average Bonchev–Trinajstić information content (AvgIpc) is 2.89. The maximum Gasteiger partial charge on any atom is 0.313 e. The number of carboxylic acids is 1. The molecule has 6 heteroatoms. The third kappa shape index (κ3) is 9.14. The fourth-order valence-corrected chi connectivity index (χ4v) is 4.95. The van der Waals surface area contributed by atoms with Crippen LogP contribution in [0.1, 0.15) is 51.9 Å². The van der Waals surface area contributed by atoms with Crippen LogP contribution in [0.25, 0.3) is 0 Å². The number of carboxylic acid groups (broad SMARTS) is 1. The molecule has 4 nitrogen and oxygen atoms in total. The second-order valence-electron chi connectivity index (χ2n) is 6.21. The molecular formula is C18H30O4S2. The number of Topliss-reactive ketones (excluding diaryl/α,β-unsaturated/α-hetero) is 1. The number of thioether (sulfide) groups is 2. The lowest BCUT2D eigenvalue weighted by Gasteiger charge is -2.15. The Morgan fingerprint density at radius 3 is 2.83 bits per heavy atom. The van der Waals surface area contributed by atoms with Crippen LogP contribution in [0.4, 0.5) is 0 Å². The third-order valence-corrected chi connectivity index (χ3v) is 6.59. The normalized spacial score (nSPS) is 22.3. The number of hydrogen-bond donors (Lipinski definition) is 2. The number of carbonyl (C=O) groups excluding carboxylic acids is 1. The van der Waals surface area contributed by atoms with Gasteiger partial charge in [0.25, 0.3) is 0 Å². The Hall–Kier alpha value is -0.460. The predicted octanol–water partition coefficient (Wildman–Crippen LogP) is 3.77. The highest BCUT2D eigenvalue weighted by atomic mass is 32.2. The second kappa shape index (κ2) is 12.8. The van der Waals surface area contributed by atoms with Gasteiger partial charge >= 0.3 is 5.97 Å². The van der Waals surface area contributed by atoms with Crippen LogP contribution in [0.2, 0.25) is 0 Å². The standard InChI is InChI=1S/C18H30O4S2/c1-2-3-4-6-15(19)9-7-14-8-10-16(20)18(14)24-12-5-11-23-13-17(21)22/h7,9,14-15,18-19H,2-6,8,10-13H2,1H3,(H,21,22)/b9-7+/t14-,15-,18+/m0/s1. The van der Waals surface area contributed by atoms with Gasteiger partial charge in [-0.05, 0) is 36.7 Å². The van der Waals surface area contributed by atoms with Crippen LogP contribution < -0.4 is 0 Å². The summed E-state index contributed by atoms with van der Waals surface area (Å²) in [7, 11) is 0. The first-order valence-corrected chi connectivity index (χ1v) is 11.0. The zero-order chi connectivity index (χ0) is 17.8. The number of rotatable bonds is 13. The van der Waals surface area contributed by atoms with E-state index in [1.165, 1.54) is 11.8 Å². The molecule has 1 rings (SSSR count). The molecule has 0 heterocycles. The summed E-state index contributed by atoms with van der Waals surface area (Å²) >= 11 is 3.11. The quantitative estimate of drug-likeness (QED) is 0.377. The van der Waals surface area contributed by atoms with E-state index in [-0.39, 0.29) is 16.9 Å². The van der Waals surface area contributed by atoms with Crippen LogP contribution in [0.3, 0.4) is 0 Å². The molecule has 0 unspecified atom stereocenters. The smallest absolute Gasteiger partial charge is 0.313 e. The zero-order valence-electron chi connectivity index (χ0n) is 14.5. The minimum absolute atomic E-state index is 0.00793. The van der Waals surface area contributed by atoms with Gasteiger partial charge in [-0.15, -0.1) is 11.8 Å². The molecule has 1 saturated carbocycles. The lowest BCUT2D eigenvalue weighted by Crippen LogP contribution is -2.17. The molecule has 2 N–H and O–H groups in total. The third-order valence-electron chi connectivity index (χ3n) is 4.07. The van der Waals surface area contributed by atoms with Gasteiger partial charge in [-0.1, -0.05) is 38.3 Å². The van der Waals surface area contributed by atoms with Crippen LogP contribution in [0.5, 0.6) is 0 Å². The Morgan fingerprint density at radius 1 is 1.33 bits per heavy atom. The van der Waals surface area contributed by atoms with Crippen molar-refractivity contribution in [3.63, 3.8) is 0 Å². The molecule has 0 aromatic rings. The molecule has 1 fully saturated rings. The SMILES string of the molecule is CCCCC[C@H](O)/C=C/[C@H]1CCC(=O)[C@@H]1SCCCSCC(=O)O. The minimum atomic E-state index is -0.777. The Kier molecular flexibility index (Phi) is 11.5. The number of hydrogen-bond acceptors (Lipinski definition) is 5. The maximum atomic E-state index is 12.0. The predicted molar refractivity (Wildman–Crippen MR) is 103 cm³/mol. The summed E-state index contributed by atoms with van der Waals surface area (Å²) in [4.78, 5) is 22.5. The monoisotopic (exact) mass is 374 g/mol. The fraction of sp³-hybridized carbons (Fsp3) is 0.778. The summed E-state index contributed by atoms with van der Waals surface area (Å²) in [6.07, 6.45) is 10.1. The minimum Gasteiger partial charge on any atom is -0.481 e. The Morgan fingerprint density at radius 2 is 2.12 bits per heavy atom. The van der Waals surface area contributed by atoms with Crippen molar-refractivity contribution in [2.75, 3.05) is 17.3 Å². The van der Waals surface area contributed by atoms with Crippen molar-refractivity contribution in [2.24, 2.45) is 5.92 Å². The summed E-state index contributed by atoms with van der Waals surface area (Å²) in [5, 5.41) is 18.6. The summed E-state index contributed by atoms with van der Waals surface area (Å²) in [6.45, 7) is 2.15. The molecule has 0 amide bonds. The Labute approximate surface area is 153 Å². The summed E-state index contributed by atoms with van der Waals surface area (Å²) in [5.41, 5.74) is 0. The van der Waals surface area contributed by atoms with Crippen LogP contribution in [-0.4, -0.2) is 50.6 Å². The van der Waals surface area contributed by atoms with Gasteiger partial charge in [-0.2, -0.15) is 11.8 Å². The number of allylic oxidation sites excluding steroid dienone is 1. The number of unbranched alkanes of at least 4 members (excludes halogenated alkanes) is 2. The highest BCUT2D eigenvalue weighted by Crippen LogP contribution is 2.34. The zero-order valence-corrected chi connectivity index (χ0v) is 16.1. The molecular weight excluding hydrogens is 344 g/mol. The van der Waals surface area contributed by atoms with E-state index in [1.807, 2.05) is 12.2 Å². The van der Waals surface area contributed by atoms with Gasteiger partial charge in [-0.25, -0.2) is 0 Å². The maximum absolute atomic E-state index is 12.0. The van der Waals surface area contributed by atoms with Gasteiger partial charge < -0.3 is 10.2 Å². The molecule has 0 saturated heterocycles. The molecule has 3 atom stereocenters. The molecule has 0 aliphatic heterocycles. The highest BCUT2D eigenvalue weighted by Gasteiger charge is 2.33. The van der Waals surface area contributed by atoms with Crippen molar-refractivity contribution in [3.05, 3.63) is 12.2 Å². The molecule has 0 radical (unpaired) electrons. The topological polar surface area (TPSA) is 74.6 Å². The summed E-state index contributed by atoms with van der Waals surface area (Å²) in [5.74, 6) is 1.61. The first kappa shape index (κ1) is 21.6. The van der Waals surface area contributed by atoms with Gasteiger partial charge in [0.2, 0.25) is 0 Å². The van der Waals surface area contributed by atoms with Crippen molar-refractivity contribution >= 4 is 35.3 Å². The lowest BCUT2D eigenvalue weighted by atomic mass is 10.0. The van der Waals surface area contributed by atoms with E-state index in [2.05, 4.69) is 6.92 Å². The van der Waals surface area contributed by atoms with Crippen molar-refractivity contribution in [1.82, 2.24) is 0 Å². The summed E-state index contributed by atoms with van der Waals surface area (Å²) in [6, 6.07) is 0. The first-order chi connectivity index (χ1) is 11.5. The molecule has 138 valence electrons.